The van der Waals surface area contributed by atoms with Crippen LogP contribution >= 0.6 is 0 Å². The van der Waals surface area contributed by atoms with Gasteiger partial charge in [0.25, 0.3) is 0 Å². The lowest BCUT2D eigenvalue weighted by molar-refractivity contribution is -0.136. The summed E-state index contributed by atoms with van der Waals surface area (Å²) in [5, 5.41) is 2.85. The molecule has 1 fully saturated rings. The van der Waals surface area contributed by atoms with Gasteiger partial charge < -0.3 is 15.1 Å². The number of carbonyl (C=O) groups excluding carboxylic acids is 2. The summed E-state index contributed by atoms with van der Waals surface area (Å²) in [6, 6.07) is 6.45. The first-order chi connectivity index (χ1) is 11.4. The molecule has 24 heavy (non-hydrogen) atoms. The van der Waals surface area contributed by atoms with Crippen LogP contribution in [0.4, 0.5) is 5.69 Å². The molecule has 5 nitrogen and oxygen atoms in total. The minimum Gasteiger partial charge on any atom is -0.368 e. The van der Waals surface area contributed by atoms with Gasteiger partial charge in [0, 0.05) is 37.9 Å². The molecule has 0 saturated carbocycles. The summed E-state index contributed by atoms with van der Waals surface area (Å²) >= 11 is 0. The Morgan fingerprint density at radius 2 is 1.83 bits per heavy atom. The SMILES string of the molecule is CCC(C)NC(=O)CC(=O)N1CCN(c2cccc(C)c2C)CC1. The van der Waals surface area contributed by atoms with Crippen molar-refractivity contribution in [1.82, 2.24) is 10.2 Å². The van der Waals surface area contributed by atoms with E-state index in [0.29, 0.717) is 13.1 Å². The third kappa shape index (κ3) is 4.49. The Bertz CT molecular complexity index is 592. The second-order valence-corrected chi connectivity index (χ2v) is 6.64. The minimum atomic E-state index is -0.175. The number of piperazine rings is 1. The summed E-state index contributed by atoms with van der Waals surface area (Å²) < 4.78 is 0. The highest BCUT2D eigenvalue weighted by Gasteiger charge is 2.24. The van der Waals surface area contributed by atoms with Gasteiger partial charge >= 0.3 is 0 Å². The molecule has 2 rings (SSSR count). The molecule has 1 aliphatic rings. The van der Waals surface area contributed by atoms with Gasteiger partial charge in [-0.05, 0) is 44.4 Å². The second-order valence-electron chi connectivity index (χ2n) is 6.64. The van der Waals surface area contributed by atoms with Crippen LogP contribution in [0.25, 0.3) is 0 Å². The first-order valence-corrected chi connectivity index (χ1v) is 8.80. The van der Waals surface area contributed by atoms with Gasteiger partial charge in [-0.25, -0.2) is 0 Å². The van der Waals surface area contributed by atoms with Gasteiger partial charge in [-0.15, -0.1) is 0 Å². The average Bonchev–Trinajstić information content (AvgIpc) is 2.57. The molecule has 0 radical (unpaired) electrons. The van der Waals surface area contributed by atoms with Crippen LogP contribution in [0.15, 0.2) is 18.2 Å². The number of nitrogens with one attached hydrogen (secondary N) is 1. The molecule has 0 aromatic heterocycles. The number of anilines is 1. The van der Waals surface area contributed by atoms with E-state index in [-0.39, 0.29) is 24.3 Å². The van der Waals surface area contributed by atoms with Gasteiger partial charge in [0.05, 0.1) is 0 Å². The monoisotopic (exact) mass is 331 g/mol. The predicted molar refractivity (Wildman–Crippen MR) is 97.2 cm³/mol. The zero-order valence-electron chi connectivity index (χ0n) is 15.3. The summed E-state index contributed by atoms with van der Waals surface area (Å²) in [7, 11) is 0. The molecule has 1 N–H and O–H groups in total. The Morgan fingerprint density at radius 3 is 2.46 bits per heavy atom. The molecular weight excluding hydrogens is 302 g/mol. The maximum Gasteiger partial charge on any atom is 0.232 e. The first-order valence-electron chi connectivity index (χ1n) is 8.80. The zero-order valence-corrected chi connectivity index (χ0v) is 15.3. The normalized spacial score (nSPS) is 16.0. The van der Waals surface area contributed by atoms with E-state index in [1.807, 2.05) is 13.8 Å². The lowest BCUT2D eigenvalue weighted by Gasteiger charge is -2.37. The van der Waals surface area contributed by atoms with E-state index in [9.17, 15) is 9.59 Å². The molecule has 1 aromatic rings. The lowest BCUT2D eigenvalue weighted by atomic mass is 10.1. The smallest absolute Gasteiger partial charge is 0.232 e. The average molecular weight is 331 g/mol. The van der Waals surface area contributed by atoms with Crippen molar-refractivity contribution in [2.75, 3.05) is 31.1 Å². The molecule has 1 heterocycles. The molecule has 1 atom stereocenters. The fraction of sp³-hybridized carbons (Fsp3) is 0.579. The number of benzene rings is 1. The maximum atomic E-state index is 12.3. The van der Waals surface area contributed by atoms with Crippen LogP contribution in [0.3, 0.4) is 0 Å². The van der Waals surface area contributed by atoms with Gasteiger partial charge in [-0.1, -0.05) is 19.1 Å². The zero-order chi connectivity index (χ0) is 17.7. The Hall–Kier alpha value is -2.04. The second kappa shape index (κ2) is 8.18. The van der Waals surface area contributed by atoms with Gasteiger partial charge in [0.1, 0.15) is 6.42 Å². The molecular formula is C19H29N3O2. The minimum absolute atomic E-state index is 0.0478. The fourth-order valence-electron chi connectivity index (χ4n) is 2.95. The van der Waals surface area contributed by atoms with E-state index in [4.69, 9.17) is 0 Å². The third-order valence-electron chi connectivity index (χ3n) is 4.88. The van der Waals surface area contributed by atoms with Crippen LogP contribution in [0.2, 0.25) is 0 Å². The van der Waals surface area contributed by atoms with Crippen LogP contribution in [-0.2, 0) is 9.59 Å². The van der Waals surface area contributed by atoms with Crippen molar-refractivity contribution in [3.63, 3.8) is 0 Å². The fourth-order valence-corrected chi connectivity index (χ4v) is 2.95. The summed E-state index contributed by atoms with van der Waals surface area (Å²) in [6.45, 7) is 11.2. The van der Waals surface area contributed by atoms with Gasteiger partial charge in [0.15, 0.2) is 0 Å². The van der Waals surface area contributed by atoms with E-state index in [0.717, 1.165) is 19.5 Å². The first kappa shape index (κ1) is 18.3. The molecule has 5 heteroatoms. The van der Waals surface area contributed by atoms with E-state index in [1.54, 1.807) is 4.90 Å². The Balaban J connectivity index is 1.87. The molecule has 1 aliphatic heterocycles. The Kier molecular flexibility index (Phi) is 6.23. The molecule has 0 aliphatic carbocycles. The van der Waals surface area contributed by atoms with E-state index < -0.39 is 0 Å². The highest BCUT2D eigenvalue weighted by Crippen LogP contribution is 2.23. The summed E-state index contributed by atoms with van der Waals surface area (Å²) in [5.41, 5.74) is 3.83. The number of amides is 2. The van der Waals surface area contributed by atoms with Crippen molar-refractivity contribution in [2.24, 2.45) is 0 Å². The number of rotatable bonds is 5. The largest absolute Gasteiger partial charge is 0.368 e. The van der Waals surface area contributed by atoms with Crippen LogP contribution in [-0.4, -0.2) is 48.9 Å². The molecule has 132 valence electrons. The van der Waals surface area contributed by atoms with Crippen LogP contribution in [0.5, 0.6) is 0 Å². The van der Waals surface area contributed by atoms with Gasteiger partial charge in [-0.3, -0.25) is 9.59 Å². The highest BCUT2D eigenvalue weighted by atomic mass is 16.2. The van der Waals surface area contributed by atoms with Crippen molar-refractivity contribution in [3.8, 4) is 0 Å². The Labute approximate surface area is 145 Å². The summed E-state index contributed by atoms with van der Waals surface area (Å²) in [5.74, 6) is -0.247. The number of nitrogens with zero attached hydrogens (tertiary/aromatic N) is 2. The van der Waals surface area contributed by atoms with Crippen molar-refractivity contribution in [1.29, 1.82) is 0 Å². The van der Waals surface area contributed by atoms with Crippen LogP contribution in [0.1, 0.15) is 37.8 Å². The van der Waals surface area contributed by atoms with Crippen molar-refractivity contribution >= 4 is 17.5 Å². The molecule has 0 spiro atoms. The molecule has 1 unspecified atom stereocenters. The third-order valence-corrected chi connectivity index (χ3v) is 4.88. The van der Waals surface area contributed by atoms with Gasteiger partial charge in [-0.2, -0.15) is 0 Å². The molecule has 1 saturated heterocycles. The number of hydrogen-bond donors (Lipinski definition) is 1. The predicted octanol–water partition coefficient (Wildman–Crippen LogP) is 2.26. The van der Waals surface area contributed by atoms with E-state index in [1.165, 1.54) is 16.8 Å². The van der Waals surface area contributed by atoms with Crippen LogP contribution in [0, 0.1) is 13.8 Å². The molecule has 1 aromatic carbocycles. The highest BCUT2D eigenvalue weighted by molar-refractivity contribution is 5.97. The van der Waals surface area contributed by atoms with Crippen molar-refractivity contribution in [3.05, 3.63) is 29.3 Å². The van der Waals surface area contributed by atoms with Crippen molar-refractivity contribution < 1.29 is 9.59 Å². The standard InChI is InChI=1S/C19H29N3O2/c1-5-15(3)20-18(23)13-19(24)22-11-9-21(10-12-22)17-8-6-7-14(2)16(17)4/h6-8,15H,5,9-13H2,1-4H3,(H,20,23). The van der Waals surface area contributed by atoms with Crippen molar-refractivity contribution in [2.45, 2.75) is 46.6 Å². The van der Waals surface area contributed by atoms with Gasteiger partial charge in [0.2, 0.25) is 11.8 Å². The Morgan fingerprint density at radius 1 is 1.17 bits per heavy atom. The summed E-state index contributed by atoms with van der Waals surface area (Å²) in [6.07, 6.45) is 0.822. The number of aryl methyl sites for hydroxylation is 1. The molecule has 2 amide bonds. The van der Waals surface area contributed by atoms with E-state index >= 15 is 0 Å². The lowest BCUT2D eigenvalue weighted by Crippen LogP contribution is -2.50. The van der Waals surface area contributed by atoms with Crippen LogP contribution < -0.4 is 10.2 Å². The maximum absolute atomic E-state index is 12.3. The quantitative estimate of drug-likeness (QED) is 0.842. The number of carbonyl (C=O) groups is 2. The van der Waals surface area contributed by atoms with E-state index in [2.05, 4.69) is 42.3 Å². The topological polar surface area (TPSA) is 52.7 Å². The number of hydrogen-bond acceptors (Lipinski definition) is 3. The summed E-state index contributed by atoms with van der Waals surface area (Å²) in [4.78, 5) is 28.3. The molecule has 0 bridgehead atoms.